The molecule has 4 rings (SSSR count). The van der Waals surface area contributed by atoms with Crippen molar-refractivity contribution in [3.63, 3.8) is 0 Å². The fourth-order valence-electron chi connectivity index (χ4n) is 3.80. The zero-order chi connectivity index (χ0) is 25.7. The Kier molecular flexibility index (Phi) is 7.29. The summed E-state index contributed by atoms with van der Waals surface area (Å²) < 4.78 is 27.5. The van der Waals surface area contributed by atoms with Gasteiger partial charge in [-0.15, -0.1) is 0 Å². The maximum atomic E-state index is 12.1. The van der Waals surface area contributed by atoms with E-state index in [-0.39, 0.29) is 6.54 Å². The standard InChI is InChI=1S/C27H26N2O7/c1-32-20-9-10-23(33-2)17(13-20)16-29(27(30)31)18-5-7-19(8-6-18)36-24-11-12-28-22-15-26(35-4)25(34-3)14-21(22)24/h5-15H,16H2,1-4H3,(H,30,31). The Hall–Kier alpha value is -4.66. The molecule has 9 heteroatoms. The summed E-state index contributed by atoms with van der Waals surface area (Å²) in [6, 6.07) is 17.4. The minimum atomic E-state index is -1.10. The number of aromatic nitrogens is 1. The van der Waals surface area contributed by atoms with E-state index < -0.39 is 6.09 Å². The highest BCUT2D eigenvalue weighted by molar-refractivity contribution is 5.88. The third-order valence-electron chi connectivity index (χ3n) is 5.63. The lowest BCUT2D eigenvalue weighted by Crippen LogP contribution is -2.28. The average Bonchev–Trinajstić information content (AvgIpc) is 2.91. The van der Waals surface area contributed by atoms with Gasteiger partial charge in [-0.3, -0.25) is 9.88 Å². The molecule has 0 saturated carbocycles. The number of amides is 1. The molecule has 1 aromatic heterocycles. The topological polar surface area (TPSA) is 99.6 Å². The van der Waals surface area contributed by atoms with Crippen molar-refractivity contribution in [3.05, 3.63) is 72.4 Å². The summed E-state index contributed by atoms with van der Waals surface area (Å²) in [5.41, 5.74) is 1.84. The van der Waals surface area contributed by atoms with Crippen molar-refractivity contribution in [1.29, 1.82) is 0 Å². The zero-order valence-electron chi connectivity index (χ0n) is 20.3. The highest BCUT2D eigenvalue weighted by Crippen LogP contribution is 2.37. The minimum Gasteiger partial charge on any atom is -0.497 e. The van der Waals surface area contributed by atoms with Crippen molar-refractivity contribution >= 4 is 22.7 Å². The lowest BCUT2D eigenvalue weighted by Gasteiger charge is -2.21. The van der Waals surface area contributed by atoms with E-state index in [2.05, 4.69) is 4.98 Å². The number of carboxylic acid groups (broad SMARTS) is 1. The maximum absolute atomic E-state index is 12.1. The number of ether oxygens (including phenoxy) is 5. The van der Waals surface area contributed by atoms with Crippen LogP contribution in [-0.2, 0) is 6.54 Å². The molecule has 0 atom stereocenters. The molecule has 0 spiro atoms. The Morgan fingerprint density at radius 1 is 0.778 bits per heavy atom. The quantitative estimate of drug-likeness (QED) is 0.317. The van der Waals surface area contributed by atoms with Crippen LogP contribution in [0.25, 0.3) is 10.9 Å². The third-order valence-corrected chi connectivity index (χ3v) is 5.63. The molecule has 0 aliphatic carbocycles. The van der Waals surface area contributed by atoms with Crippen LogP contribution < -0.4 is 28.6 Å². The maximum Gasteiger partial charge on any atom is 0.412 e. The smallest absolute Gasteiger partial charge is 0.412 e. The molecule has 0 aliphatic heterocycles. The minimum absolute atomic E-state index is 0.0759. The first-order valence-electron chi connectivity index (χ1n) is 11.0. The van der Waals surface area contributed by atoms with Gasteiger partial charge >= 0.3 is 6.09 Å². The Morgan fingerprint density at radius 3 is 2.08 bits per heavy atom. The Labute approximate surface area is 208 Å². The van der Waals surface area contributed by atoms with Crippen LogP contribution in [0.1, 0.15) is 5.56 Å². The number of carbonyl (C=O) groups is 1. The van der Waals surface area contributed by atoms with E-state index in [4.69, 9.17) is 23.7 Å². The van der Waals surface area contributed by atoms with E-state index in [1.54, 1.807) is 88.2 Å². The second-order valence-electron chi connectivity index (χ2n) is 7.68. The molecule has 1 amide bonds. The van der Waals surface area contributed by atoms with Gasteiger partial charge in [-0.05, 0) is 54.6 Å². The highest BCUT2D eigenvalue weighted by atomic mass is 16.5. The normalized spacial score (nSPS) is 10.6. The van der Waals surface area contributed by atoms with Crippen LogP contribution in [-0.4, -0.2) is 44.6 Å². The number of rotatable bonds is 9. The molecule has 1 heterocycles. The Bertz CT molecular complexity index is 1370. The highest BCUT2D eigenvalue weighted by Gasteiger charge is 2.18. The zero-order valence-corrected chi connectivity index (χ0v) is 20.3. The summed E-state index contributed by atoms with van der Waals surface area (Å²) in [5.74, 6) is 3.41. The number of benzene rings is 3. The summed E-state index contributed by atoms with van der Waals surface area (Å²) in [4.78, 5) is 17.7. The van der Waals surface area contributed by atoms with Gasteiger partial charge in [0.1, 0.15) is 23.0 Å². The molecule has 9 nitrogen and oxygen atoms in total. The molecule has 186 valence electrons. The van der Waals surface area contributed by atoms with Gasteiger partial charge in [-0.25, -0.2) is 4.79 Å². The SMILES string of the molecule is COc1ccc(OC)c(CN(C(=O)O)c2ccc(Oc3ccnc4cc(OC)c(OC)cc34)cc2)c1. The van der Waals surface area contributed by atoms with Crippen LogP contribution in [0.15, 0.2) is 66.9 Å². The van der Waals surface area contributed by atoms with Crippen molar-refractivity contribution in [3.8, 4) is 34.5 Å². The molecule has 0 unspecified atom stereocenters. The van der Waals surface area contributed by atoms with Crippen molar-refractivity contribution in [1.82, 2.24) is 4.98 Å². The van der Waals surface area contributed by atoms with Gasteiger partial charge in [-0.2, -0.15) is 0 Å². The number of nitrogens with zero attached hydrogens (tertiary/aromatic N) is 2. The molecule has 0 bridgehead atoms. The van der Waals surface area contributed by atoms with Crippen LogP contribution in [0.2, 0.25) is 0 Å². The second-order valence-corrected chi connectivity index (χ2v) is 7.68. The van der Waals surface area contributed by atoms with Crippen LogP contribution in [0.3, 0.4) is 0 Å². The first-order valence-corrected chi connectivity index (χ1v) is 11.0. The van der Waals surface area contributed by atoms with Gasteiger partial charge in [0.25, 0.3) is 0 Å². The number of fused-ring (bicyclic) bond motifs is 1. The van der Waals surface area contributed by atoms with Crippen LogP contribution in [0, 0.1) is 0 Å². The molecular weight excluding hydrogens is 464 g/mol. The number of pyridine rings is 1. The van der Waals surface area contributed by atoms with E-state index >= 15 is 0 Å². The lowest BCUT2D eigenvalue weighted by atomic mass is 10.1. The summed E-state index contributed by atoms with van der Waals surface area (Å²) in [6.07, 6.45) is 0.542. The predicted molar refractivity (Wildman–Crippen MR) is 135 cm³/mol. The fraction of sp³-hybridized carbons (Fsp3) is 0.185. The van der Waals surface area contributed by atoms with Gasteiger partial charge in [0.15, 0.2) is 11.5 Å². The van der Waals surface area contributed by atoms with Gasteiger partial charge in [0.05, 0.1) is 40.5 Å². The van der Waals surface area contributed by atoms with Crippen molar-refractivity contribution in [2.75, 3.05) is 33.3 Å². The number of hydrogen-bond acceptors (Lipinski definition) is 7. The molecule has 36 heavy (non-hydrogen) atoms. The fourth-order valence-corrected chi connectivity index (χ4v) is 3.80. The number of anilines is 1. The third kappa shape index (κ3) is 5.05. The van der Waals surface area contributed by atoms with Crippen LogP contribution in [0.4, 0.5) is 10.5 Å². The van der Waals surface area contributed by atoms with E-state index in [1.807, 2.05) is 0 Å². The molecule has 1 N–H and O–H groups in total. The Balaban J connectivity index is 1.60. The molecule has 0 radical (unpaired) electrons. The van der Waals surface area contributed by atoms with Crippen molar-refractivity contribution in [2.24, 2.45) is 0 Å². The molecular formula is C27H26N2O7. The van der Waals surface area contributed by atoms with E-state index in [9.17, 15) is 9.90 Å². The lowest BCUT2D eigenvalue weighted by molar-refractivity contribution is 0.201. The van der Waals surface area contributed by atoms with Gasteiger partial charge in [-0.1, -0.05) is 0 Å². The van der Waals surface area contributed by atoms with Crippen molar-refractivity contribution < 1.29 is 33.6 Å². The number of methoxy groups -OCH3 is 4. The molecule has 4 aromatic rings. The summed E-state index contributed by atoms with van der Waals surface area (Å²) in [7, 11) is 6.22. The van der Waals surface area contributed by atoms with E-state index in [0.29, 0.717) is 51.3 Å². The van der Waals surface area contributed by atoms with Gasteiger partial charge in [0.2, 0.25) is 0 Å². The first kappa shape index (κ1) is 24.5. The molecule has 3 aromatic carbocycles. The second kappa shape index (κ2) is 10.7. The molecule has 0 aliphatic rings. The number of hydrogen-bond donors (Lipinski definition) is 1. The molecule has 0 saturated heterocycles. The van der Waals surface area contributed by atoms with E-state index in [1.165, 1.54) is 12.0 Å². The first-order chi connectivity index (χ1) is 17.5. The largest absolute Gasteiger partial charge is 0.497 e. The van der Waals surface area contributed by atoms with Gasteiger partial charge in [0, 0.05) is 28.9 Å². The predicted octanol–water partition coefficient (Wildman–Crippen LogP) is 5.75. The molecule has 0 fully saturated rings. The van der Waals surface area contributed by atoms with E-state index in [0.717, 1.165) is 5.39 Å². The van der Waals surface area contributed by atoms with Crippen LogP contribution in [0.5, 0.6) is 34.5 Å². The monoisotopic (exact) mass is 490 g/mol. The van der Waals surface area contributed by atoms with Crippen LogP contribution >= 0.6 is 0 Å². The summed E-state index contributed by atoms with van der Waals surface area (Å²) in [5, 5.41) is 10.6. The van der Waals surface area contributed by atoms with Crippen molar-refractivity contribution in [2.45, 2.75) is 6.54 Å². The Morgan fingerprint density at radius 2 is 1.44 bits per heavy atom. The average molecular weight is 491 g/mol. The van der Waals surface area contributed by atoms with Gasteiger partial charge < -0.3 is 28.8 Å². The summed E-state index contributed by atoms with van der Waals surface area (Å²) >= 11 is 0. The summed E-state index contributed by atoms with van der Waals surface area (Å²) in [6.45, 7) is 0.0759.